The lowest BCUT2D eigenvalue weighted by Crippen LogP contribution is -2.37. The normalized spacial score (nSPS) is 16.2. The van der Waals surface area contributed by atoms with Gasteiger partial charge in [0.15, 0.2) is 0 Å². The van der Waals surface area contributed by atoms with Gasteiger partial charge in [-0.3, -0.25) is 4.79 Å². The van der Waals surface area contributed by atoms with Gasteiger partial charge in [0.1, 0.15) is 11.0 Å². The van der Waals surface area contributed by atoms with Gasteiger partial charge in [0.25, 0.3) is 5.56 Å². The van der Waals surface area contributed by atoms with Crippen LogP contribution >= 0.6 is 11.8 Å². The van der Waals surface area contributed by atoms with Crippen LogP contribution < -0.4 is 11.3 Å². The van der Waals surface area contributed by atoms with Gasteiger partial charge in [-0.2, -0.15) is 11.8 Å². The van der Waals surface area contributed by atoms with Crippen molar-refractivity contribution in [3.8, 4) is 0 Å². The van der Waals surface area contributed by atoms with Crippen molar-refractivity contribution in [1.29, 1.82) is 0 Å². The molecule has 2 aromatic rings. The van der Waals surface area contributed by atoms with Gasteiger partial charge in [-0.05, 0) is 18.4 Å². The minimum absolute atomic E-state index is 0.300. The molecule has 0 aliphatic carbocycles. The fourth-order valence-electron chi connectivity index (χ4n) is 2.06. The summed E-state index contributed by atoms with van der Waals surface area (Å²) in [6, 6.07) is -0.810. The maximum Gasteiger partial charge on any atom is 0.275 e. The number of nitrogens with zero attached hydrogens (tertiary/aromatic N) is 1. The molecule has 3 atom stereocenters. The number of rotatable bonds is 6. The van der Waals surface area contributed by atoms with E-state index >= 15 is 0 Å². The molecule has 0 saturated carbocycles. The molecule has 0 amide bonds. The van der Waals surface area contributed by atoms with E-state index in [2.05, 4.69) is 15.0 Å². The van der Waals surface area contributed by atoms with Crippen LogP contribution in [0.2, 0.25) is 0 Å². The quantitative estimate of drug-likeness (QED) is 0.499. The standard InChI is InChI=1S/C12H18N4O3S/c1-20-3-2-7(17)11(18)8(13)6-4-14-10-9(6)15-5-16-12(10)19/h4-5,7-8,11,14,17-18H,2-3,13H2,1H3,(H,15,16,19). The highest BCUT2D eigenvalue weighted by Crippen LogP contribution is 2.23. The summed E-state index contributed by atoms with van der Waals surface area (Å²) >= 11 is 1.59. The number of H-pyrrole nitrogens is 2. The first-order valence-corrected chi connectivity index (χ1v) is 7.61. The third-order valence-electron chi connectivity index (χ3n) is 3.24. The summed E-state index contributed by atoms with van der Waals surface area (Å²) in [6.07, 6.45) is 3.18. The SMILES string of the molecule is CSCCC(O)C(O)C(N)c1c[nH]c2c(=O)[nH]cnc12. The fourth-order valence-corrected chi connectivity index (χ4v) is 2.53. The van der Waals surface area contributed by atoms with Crippen LogP contribution in [0, 0.1) is 0 Å². The second kappa shape index (κ2) is 6.40. The molecule has 0 saturated heterocycles. The average Bonchev–Trinajstić information content (AvgIpc) is 2.88. The van der Waals surface area contributed by atoms with E-state index < -0.39 is 18.2 Å². The molecule has 7 nitrogen and oxygen atoms in total. The van der Waals surface area contributed by atoms with Gasteiger partial charge >= 0.3 is 0 Å². The molecule has 6 N–H and O–H groups in total. The molecule has 0 aliphatic heterocycles. The van der Waals surface area contributed by atoms with Gasteiger partial charge in [-0.25, -0.2) is 4.98 Å². The Labute approximate surface area is 119 Å². The van der Waals surface area contributed by atoms with E-state index in [1.165, 1.54) is 6.33 Å². The average molecular weight is 298 g/mol. The third kappa shape index (κ3) is 2.88. The largest absolute Gasteiger partial charge is 0.390 e. The Kier molecular flexibility index (Phi) is 4.81. The molecule has 2 heterocycles. The van der Waals surface area contributed by atoms with Crippen molar-refractivity contribution in [2.45, 2.75) is 24.7 Å². The Hall–Kier alpha value is -1.35. The van der Waals surface area contributed by atoms with E-state index in [0.29, 0.717) is 23.0 Å². The minimum Gasteiger partial charge on any atom is -0.390 e. The molecule has 3 unspecified atom stereocenters. The summed E-state index contributed by atoms with van der Waals surface area (Å²) in [5, 5.41) is 20.0. The molecular weight excluding hydrogens is 280 g/mol. The number of nitrogens with one attached hydrogen (secondary N) is 2. The van der Waals surface area contributed by atoms with Crippen LogP contribution in [0.25, 0.3) is 11.0 Å². The summed E-state index contributed by atoms with van der Waals surface area (Å²) in [4.78, 5) is 20.9. The Morgan fingerprint density at radius 2 is 2.20 bits per heavy atom. The van der Waals surface area contributed by atoms with E-state index in [9.17, 15) is 15.0 Å². The lowest BCUT2D eigenvalue weighted by atomic mass is 9.98. The van der Waals surface area contributed by atoms with Crippen LogP contribution in [-0.2, 0) is 0 Å². The van der Waals surface area contributed by atoms with Crippen molar-refractivity contribution < 1.29 is 10.2 Å². The Balaban J connectivity index is 2.25. The monoisotopic (exact) mass is 298 g/mol. The predicted molar refractivity (Wildman–Crippen MR) is 78.7 cm³/mol. The fraction of sp³-hybridized carbons (Fsp3) is 0.500. The van der Waals surface area contributed by atoms with Crippen LogP contribution in [0.4, 0.5) is 0 Å². The molecule has 8 heteroatoms. The van der Waals surface area contributed by atoms with Gasteiger partial charge in [0, 0.05) is 11.8 Å². The Morgan fingerprint density at radius 3 is 2.90 bits per heavy atom. The molecule has 110 valence electrons. The van der Waals surface area contributed by atoms with Gasteiger partial charge < -0.3 is 25.9 Å². The van der Waals surface area contributed by atoms with Crippen molar-refractivity contribution in [1.82, 2.24) is 15.0 Å². The molecule has 0 spiro atoms. The lowest BCUT2D eigenvalue weighted by molar-refractivity contribution is 0.00277. The minimum atomic E-state index is -1.11. The number of hydrogen-bond acceptors (Lipinski definition) is 6. The first-order valence-electron chi connectivity index (χ1n) is 6.21. The molecule has 0 aromatic carbocycles. The van der Waals surface area contributed by atoms with Crippen molar-refractivity contribution in [3.05, 3.63) is 28.4 Å². The summed E-state index contributed by atoms with van der Waals surface area (Å²) in [6.45, 7) is 0. The summed E-state index contributed by atoms with van der Waals surface area (Å²) in [5.74, 6) is 0.733. The number of nitrogens with two attached hydrogens (primary N) is 1. The molecule has 20 heavy (non-hydrogen) atoms. The second-order valence-electron chi connectivity index (χ2n) is 4.56. The molecule has 0 fully saturated rings. The zero-order valence-corrected chi connectivity index (χ0v) is 11.9. The van der Waals surface area contributed by atoms with Crippen LogP contribution in [0.3, 0.4) is 0 Å². The van der Waals surface area contributed by atoms with Crippen molar-refractivity contribution >= 4 is 22.8 Å². The van der Waals surface area contributed by atoms with E-state index in [4.69, 9.17) is 5.73 Å². The van der Waals surface area contributed by atoms with Crippen molar-refractivity contribution in [3.63, 3.8) is 0 Å². The van der Waals surface area contributed by atoms with Crippen molar-refractivity contribution in [2.75, 3.05) is 12.0 Å². The van der Waals surface area contributed by atoms with Gasteiger partial charge in [0.05, 0.1) is 24.6 Å². The summed E-state index contributed by atoms with van der Waals surface area (Å²) in [7, 11) is 0. The molecule has 2 aromatic heterocycles. The zero-order valence-electron chi connectivity index (χ0n) is 11.0. The van der Waals surface area contributed by atoms with Crippen LogP contribution in [0.5, 0.6) is 0 Å². The first-order chi connectivity index (χ1) is 9.56. The van der Waals surface area contributed by atoms with E-state index in [-0.39, 0.29) is 5.56 Å². The molecule has 0 bridgehead atoms. The predicted octanol–water partition coefficient (Wildman–Crippen LogP) is -0.274. The van der Waals surface area contributed by atoms with Crippen LogP contribution in [-0.4, -0.2) is 49.4 Å². The summed E-state index contributed by atoms with van der Waals surface area (Å²) < 4.78 is 0. The molecule has 0 radical (unpaired) electrons. The first kappa shape index (κ1) is 15.0. The van der Waals surface area contributed by atoms with E-state index in [1.807, 2.05) is 6.26 Å². The zero-order chi connectivity index (χ0) is 14.7. The second-order valence-corrected chi connectivity index (χ2v) is 5.55. The topological polar surface area (TPSA) is 128 Å². The van der Waals surface area contributed by atoms with Gasteiger partial charge in [-0.1, -0.05) is 0 Å². The van der Waals surface area contributed by atoms with Crippen molar-refractivity contribution in [2.24, 2.45) is 5.73 Å². The Morgan fingerprint density at radius 1 is 1.45 bits per heavy atom. The maximum atomic E-state index is 11.6. The molecule has 2 rings (SSSR count). The highest BCUT2D eigenvalue weighted by molar-refractivity contribution is 7.98. The van der Waals surface area contributed by atoms with E-state index in [0.717, 1.165) is 5.75 Å². The molecular formula is C12H18N4O3S. The number of aliphatic hydroxyl groups excluding tert-OH is 2. The maximum absolute atomic E-state index is 11.6. The number of fused-ring (bicyclic) bond motifs is 1. The van der Waals surface area contributed by atoms with Crippen LogP contribution in [0.15, 0.2) is 17.3 Å². The smallest absolute Gasteiger partial charge is 0.275 e. The molecule has 0 aliphatic rings. The third-order valence-corrected chi connectivity index (χ3v) is 3.88. The van der Waals surface area contributed by atoms with Gasteiger partial charge in [0.2, 0.25) is 0 Å². The Bertz CT molecular complexity index is 626. The number of aliphatic hydroxyl groups is 2. The highest BCUT2D eigenvalue weighted by atomic mass is 32.2. The summed E-state index contributed by atoms with van der Waals surface area (Å²) in [5.41, 5.74) is 6.92. The lowest BCUT2D eigenvalue weighted by Gasteiger charge is -2.23. The number of aromatic amines is 2. The highest BCUT2D eigenvalue weighted by Gasteiger charge is 2.27. The number of thioether (sulfide) groups is 1. The number of hydrogen-bond donors (Lipinski definition) is 5. The van der Waals surface area contributed by atoms with E-state index in [1.54, 1.807) is 18.0 Å². The van der Waals surface area contributed by atoms with Gasteiger partial charge in [-0.15, -0.1) is 0 Å². The van der Waals surface area contributed by atoms with Crippen LogP contribution in [0.1, 0.15) is 18.0 Å². The number of aromatic nitrogens is 3.